The third-order valence-electron chi connectivity index (χ3n) is 6.06. The number of aromatic nitrogens is 3. The van der Waals surface area contributed by atoms with Crippen molar-refractivity contribution in [3.8, 4) is 0 Å². The van der Waals surface area contributed by atoms with Gasteiger partial charge in [-0.05, 0) is 38.8 Å². The standard InChI is InChI=1S/C22H33F2N7O/c1-5-15(2)31-12-11-29(21(31)32)13-19(28(4)26)20(25)17-7-8-18(16(3)27-17)30-10-6-9-22(23,24)14-30/h7-8,11-12,15H,5-6,9-10,13-14,25-26H2,1-4H3/b20-19-. The van der Waals surface area contributed by atoms with Crippen molar-refractivity contribution in [3.05, 3.63) is 52.1 Å². The van der Waals surface area contributed by atoms with Crippen LogP contribution >= 0.6 is 0 Å². The third kappa shape index (κ3) is 4.95. The van der Waals surface area contributed by atoms with Crippen molar-refractivity contribution in [2.75, 3.05) is 25.0 Å². The monoisotopic (exact) mass is 449 g/mol. The third-order valence-corrected chi connectivity index (χ3v) is 6.06. The van der Waals surface area contributed by atoms with Crippen LogP contribution in [0.2, 0.25) is 0 Å². The Morgan fingerprint density at radius 2 is 2.06 bits per heavy atom. The molecule has 0 spiro atoms. The Balaban J connectivity index is 1.91. The highest BCUT2D eigenvalue weighted by atomic mass is 19.3. The summed E-state index contributed by atoms with van der Waals surface area (Å²) in [5.41, 5.74) is 8.89. The van der Waals surface area contributed by atoms with E-state index in [9.17, 15) is 13.6 Å². The van der Waals surface area contributed by atoms with Crippen molar-refractivity contribution in [3.63, 3.8) is 0 Å². The Bertz CT molecular complexity index is 1040. The largest absolute Gasteiger partial charge is 0.395 e. The highest BCUT2D eigenvalue weighted by Crippen LogP contribution is 2.31. The number of imidazole rings is 1. The molecule has 176 valence electrons. The van der Waals surface area contributed by atoms with Crippen molar-refractivity contribution in [1.29, 1.82) is 0 Å². The SMILES string of the molecule is CCC(C)n1ccn(C/C(=C(/N)c2ccc(N3CCCC(F)(F)C3)c(C)n2)N(C)N)c1=O. The molecule has 10 heteroatoms. The lowest BCUT2D eigenvalue weighted by Crippen LogP contribution is -2.43. The van der Waals surface area contributed by atoms with Crippen LogP contribution in [0.4, 0.5) is 14.5 Å². The number of hydrogen-bond acceptors (Lipinski definition) is 6. The molecule has 2 aromatic heterocycles. The van der Waals surface area contributed by atoms with Crippen LogP contribution in [0.3, 0.4) is 0 Å². The zero-order valence-electron chi connectivity index (χ0n) is 19.2. The van der Waals surface area contributed by atoms with E-state index in [-0.39, 0.29) is 31.2 Å². The van der Waals surface area contributed by atoms with Crippen LogP contribution in [0.5, 0.6) is 0 Å². The lowest BCUT2D eigenvalue weighted by atomic mass is 10.1. The topological polar surface area (TPSA) is 98.3 Å². The number of pyridine rings is 1. The quantitative estimate of drug-likeness (QED) is 0.498. The zero-order valence-corrected chi connectivity index (χ0v) is 19.2. The first-order valence-corrected chi connectivity index (χ1v) is 10.9. The summed E-state index contributed by atoms with van der Waals surface area (Å²) >= 11 is 0. The number of piperidine rings is 1. The van der Waals surface area contributed by atoms with Crippen LogP contribution in [0.15, 0.2) is 35.0 Å². The fourth-order valence-electron chi connectivity index (χ4n) is 3.99. The Morgan fingerprint density at radius 3 is 2.66 bits per heavy atom. The molecule has 1 saturated heterocycles. The van der Waals surface area contributed by atoms with E-state index >= 15 is 0 Å². The summed E-state index contributed by atoms with van der Waals surface area (Å²) in [6.07, 6.45) is 4.65. The van der Waals surface area contributed by atoms with Gasteiger partial charge in [0.2, 0.25) is 0 Å². The van der Waals surface area contributed by atoms with Gasteiger partial charge in [-0.1, -0.05) is 6.92 Å². The maximum atomic E-state index is 13.8. The molecule has 8 nitrogen and oxygen atoms in total. The molecule has 0 aromatic carbocycles. The molecule has 0 aliphatic carbocycles. The van der Waals surface area contributed by atoms with Crippen molar-refractivity contribution in [2.45, 2.75) is 58.5 Å². The van der Waals surface area contributed by atoms with Crippen LogP contribution in [0.25, 0.3) is 5.70 Å². The summed E-state index contributed by atoms with van der Waals surface area (Å²) in [7, 11) is 1.65. The molecule has 0 amide bonds. The fraction of sp³-hybridized carbons (Fsp3) is 0.545. The number of aryl methyl sites for hydroxylation is 1. The van der Waals surface area contributed by atoms with Gasteiger partial charge in [0.1, 0.15) is 0 Å². The summed E-state index contributed by atoms with van der Waals surface area (Å²) in [6.45, 7) is 6.22. The van der Waals surface area contributed by atoms with Crippen LogP contribution in [0, 0.1) is 6.92 Å². The van der Waals surface area contributed by atoms with E-state index in [0.29, 0.717) is 41.4 Å². The maximum Gasteiger partial charge on any atom is 0.328 e. The molecule has 1 fully saturated rings. The van der Waals surface area contributed by atoms with Gasteiger partial charge in [0.25, 0.3) is 5.92 Å². The van der Waals surface area contributed by atoms with Gasteiger partial charge in [-0.2, -0.15) is 0 Å². The van der Waals surface area contributed by atoms with Crippen molar-refractivity contribution in [2.24, 2.45) is 11.6 Å². The summed E-state index contributed by atoms with van der Waals surface area (Å²) in [5, 5.41) is 1.37. The van der Waals surface area contributed by atoms with E-state index in [4.69, 9.17) is 11.6 Å². The maximum absolute atomic E-state index is 13.8. The molecule has 32 heavy (non-hydrogen) atoms. The predicted octanol–water partition coefficient (Wildman–Crippen LogP) is 2.69. The smallest absolute Gasteiger partial charge is 0.328 e. The molecule has 2 aromatic rings. The van der Waals surface area contributed by atoms with Gasteiger partial charge in [-0.25, -0.2) is 24.4 Å². The van der Waals surface area contributed by atoms with Crippen LogP contribution in [-0.4, -0.2) is 45.2 Å². The number of halogens is 2. The molecule has 1 aliphatic heterocycles. The second kappa shape index (κ2) is 9.32. The van der Waals surface area contributed by atoms with E-state index in [2.05, 4.69) is 4.98 Å². The summed E-state index contributed by atoms with van der Waals surface area (Å²) in [5.74, 6) is 3.34. The molecule has 3 heterocycles. The van der Waals surface area contributed by atoms with E-state index in [1.54, 1.807) is 52.5 Å². The van der Waals surface area contributed by atoms with E-state index in [1.807, 2.05) is 13.8 Å². The minimum atomic E-state index is -2.70. The van der Waals surface area contributed by atoms with Crippen LogP contribution in [0.1, 0.15) is 50.5 Å². The normalized spacial score (nSPS) is 17.8. The zero-order chi connectivity index (χ0) is 23.6. The van der Waals surface area contributed by atoms with Crippen molar-refractivity contribution >= 4 is 11.4 Å². The van der Waals surface area contributed by atoms with E-state index in [0.717, 1.165) is 6.42 Å². The molecule has 0 saturated carbocycles. The fourth-order valence-corrected chi connectivity index (χ4v) is 3.99. The Morgan fingerprint density at radius 1 is 1.34 bits per heavy atom. The molecule has 1 unspecified atom stereocenters. The molecule has 3 rings (SSSR count). The number of anilines is 1. The first-order chi connectivity index (χ1) is 15.0. The van der Waals surface area contributed by atoms with Crippen molar-refractivity contribution in [1.82, 2.24) is 19.1 Å². The number of rotatable bonds is 7. The second-order valence-corrected chi connectivity index (χ2v) is 8.53. The predicted molar refractivity (Wildman–Crippen MR) is 122 cm³/mol. The minimum Gasteiger partial charge on any atom is -0.395 e. The van der Waals surface area contributed by atoms with Crippen LogP contribution in [-0.2, 0) is 6.54 Å². The Labute approximate surface area is 187 Å². The minimum absolute atomic E-state index is 0.0863. The van der Waals surface area contributed by atoms with Gasteiger partial charge in [0.15, 0.2) is 0 Å². The highest BCUT2D eigenvalue weighted by Gasteiger charge is 2.35. The number of nitrogens with two attached hydrogens (primary N) is 2. The van der Waals surface area contributed by atoms with E-state index in [1.165, 1.54) is 5.01 Å². The number of alkyl halides is 2. The van der Waals surface area contributed by atoms with Crippen LogP contribution < -0.4 is 22.2 Å². The summed E-state index contributed by atoms with van der Waals surface area (Å²) < 4.78 is 30.9. The number of hydrogen-bond donors (Lipinski definition) is 2. The summed E-state index contributed by atoms with van der Waals surface area (Å²) in [6, 6.07) is 3.57. The molecular weight excluding hydrogens is 416 g/mol. The van der Waals surface area contributed by atoms with Gasteiger partial charge in [-0.15, -0.1) is 0 Å². The van der Waals surface area contributed by atoms with Gasteiger partial charge >= 0.3 is 5.69 Å². The number of hydrazine groups is 1. The molecule has 4 N–H and O–H groups in total. The number of nitrogens with zero attached hydrogens (tertiary/aromatic N) is 5. The van der Waals surface area contributed by atoms with Gasteiger partial charge in [0, 0.05) is 38.4 Å². The lowest BCUT2D eigenvalue weighted by Gasteiger charge is -2.34. The number of allylic oxidation sites excluding steroid dienone is 1. The summed E-state index contributed by atoms with van der Waals surface area (Å²) in [4.78, 5) is 19.0. The molecule has 0 radical (unpaired) electrons. The molecular formula is C22H33F2N7O. The average molecular weight is 450 g/mol. The van der Waals surface area contributed by atoms with Gasteiger partial charge in [0.05, 0.1) is 41.6 Å². The first kappa shape index (κ1) is 23.8. The Hall–Kier alpha value is -2.88. The van der Waals surface area contributed by atoms with E-state index < -0.39 is 5.92 Å². The first-order valence-electron chi connectivity index (χ1n) is 10.9. The van der Waals surface area contributed by atoms with Crippen molar-refractivity contribution < 1.29 is 8.78 Å². The average Bonchev–Trinajstić information content (AvgIpc) is 3.10. The van der Waals surface area contributed by atoms with Gasteiger partial charge in [-0.3, -0.25) is 9.13 Å². The molecule has 0 bridgehead atoms. The molecule has 1 atom stereocenters. The van der Waals surface area contributed by atoms with Gasteiger partial charge < -0.3 is 15.6 Å². The second-order valence-electron chi connectivity index (χ2n) is 8.53. The Kier molecular flexibility index (Phi) is 6.92. The highest BCUT2D eigenvalue weighted by molar-refractivity contribution is 5.65. The lowest BCUT2D eigenvalue weighted by molar-refractivity contribution is -0.0117. The number of likely N-dealkylation sites (N-methyl/N-ethyl adjacent to an activating group) is 1. The molecule has 1 aliphatic rings.